The predicted molar refractivity (Wildman–Crippen MR) is 80.1 cm³/mol. The van der Waals surface area contributed by atoms with E-state index in [9.17, 15) is 4.79 Å². The summed E-state index contributed by atoms with van der Waals surface area (Å²) in [6, 6.07) is 9.25. The number of hydrogen-bond donors (Lipinski definition) is 1. The molecule has 0 spiro atoms. The molecule has 2 rings (SSSR count). The van der Waals surface area contributed by atoms with Crippen molar-refractivity contribution in [2.45, 2.75) is 6.54 Å². The minimum atomic E-state index is -0.209. The summed E-state index contributed by atoms with van der Waals surface area (Å²) in [7, 11) is 3.95. The van der Waals surface area contributed by atoms with E-state index in [-0.39, 0.29) is 12.5 Å². The molecule has 2 aromatic rings. The molecule has 5 nitrogen and oxygen atoms in total. The number of carbonyl (C=O) groups excluding carboxylic acids is 1. The van der Waals surface area contributed by atoms with Crippen LogP contribution in [0.15, 0.2) is 35.7 Å². The fraction of sp³-hybridized carbons (Fsp3) is 0.286. The van der Waals surface area contributed by atoms with E-state index in [2.05, 4.69) is 10.3 Å². The van der Waals surface area contributed by atoms with Gasteiger partial charge in [0, 0.05) is 11.9 Å². The number of anilines is 1. The summed E-state index contributed by atoms with van der Waals surface area (Å²) in [5.41, 5.74) is 0.944. The van der Waals surface area contributed by atoms with E-state index in [1.165, 1.54) is 11.3 Å². The van der Waals surface area contributed by atoms with E-state index in [4.69, 9.17) is 4.74 Å². The van der Waals surface area contributed by atoms with Crippen LogP contribution in [-0.4, -0.2) is 36.5 Å². The molecule has 1 aromatic carbocycles. The summed E-state index contributed by atoms with van der Waals surface area (Å²) >= 11 is 1.42. The third-order valence-corrected chi connectivity index (χ3v) is 3.20. The van der Waals surface area contributed by atoms with Crippen LogP contribution in [0.4, 0.5) is 5.13 Å². The molecule has 0 aliphatic rings. The molecule has 1 aromatic heterocycles. The minimum absolute atomic E-state index is 0.0212. The Labute approximate surface area is 122 Å². The molecular formula is C14H17N3O2S. The lowest BCUT2D eigenvalue weighted by atomic mass is 10.3. The molecule has 0 saturated carbocycles. The largest absolute Gasteiger partial charge is 0.484 e. The quantitative estimate of drug-likeness (QED) is 0.886. The summed E-state index contributed by atoms with van der Waals surface area (Å²) in [5.74, 6) is 0.467. The topological polar surface area (TPSA) is 54.5 Å². The molecule has 6 heteroatoms. The first kappa shape index (κ1) is 14.5. The Bertz CT molecular complexity index is 555. The van der Waals surface area contributed by atoms with Crippen LogP contribution < -0.4 is 10.1 Å². The van der Waals surface area contributed by atoms with Gasteiger partial charge in [-0.1, -0.05) is 18.2 Å². The molecule has 0 aliphatic carbocycles. The van der Waals surface area contributed by atoms with Crippen molar-refractivity contribution in [3.8, 4) is 5.75 Å². The minimum Gasteiger partial charge on any atom is -0.484 e. The van der Waals surface area contributed by atoms with Crippen LogP contribution in [0, 0.1) is 0 Å². The van der Waals surface area contributed by atoms with Crippen molar-refractivity contribution in [1.82, 2.24) is 9.88 Å². The average molecular weight is 291 g/mol. The van der Waals surface area contributed by atoms with E-state index in [0.717, 1.165) is 12.2 Å². The second-order valence-corrected chi connectivity index (χ2v) is 5.39. The Morgan fingerprint density at radius 1 is 1.35 bits per heavy atom. The SMILES string of the molecule is CN(C)Cc1csc(NC(=O)COc2ccccc2)n1. The highest BCUT2D eigenvalue weighted by Crippen LogP contribution is 2.16. The molecule has 0 unspecified atom stereocenters. The Balaban J connectivity index is 1.81. The first-order chi connectivity index (χ1) is 9.63. The van der Waals surface area contributed by atoms with Crippen molar-refractivity contribution in [2.75, 3.05) is 26.0 Å². The number of amides is 1. The Kier molecular flexibility index (Phi) is 5.09. The zero-order chi connectivity index (χ0) is 14.4. The van der Waals surface area contributed by atoms with Gasteiger partial charge in [0.2, 0.25) is 0 Å². The third kappa shape index (κ3) is 4.64. The van der Waals surface area contributed by atoms with Gasteiger partial charge in [0.15, 0.2) is 11.7 Å². The summed E-state index contributed by atoms with van der Waals surface area (Å²) < 4.78 is 5.37. The van der Waals surface area contributed by atoms with E-state index in [0.29, 0.717) is 10.9 Å². The first-order valence-electron chi connectivity index (χ1n) is 6.20. The van der Waals surface area contributed by atoms with Gasteiger partial charge in [-0.25, -0.2) is 4.98 Å². The monoisotopic (exact) mass is 291 g/mol. The number of nitrogens with zero attached hydrogens (tertiary/aromatic N) is 2. The van der Waals surface area contributed by atoms with Crippen molar-refractivity contribution in [1.29, 1.82) is 0 Å². The molecule has 0 fully saturated rings. The van der Waals surface area contributed by atoms with Crippen molar-refractivity contribution in [3.05, 3.63) is 41.4 Å². The summed E-state index contributed by atoms with van der Waals surface area (Å²) in [5, 5.41) is 5.27. The highest BCUT2D eigenvalue weighted by Gasteiger charge is 2.08. The van der Waals surface area contributed by atoms with Crippen LogP contribution in [0.5, 0.6) is 5.75 Å². The molecule has 20 heavy (non-hydrogen) atoms. The van der Waals surface area contributed by atoms with Gasteiger partial charge in [-0.05, 0) is 26.2 Å². The zero-order valence-electron chi connectivity index (χ0n) is 11.5. The molecular weight excluding hydrogens is 274 g/mol. The van der Waals surface area contributed by atoms with Gasteiger partial charge in [-0.2, -0.15) is 0 Å². The fourth-order valence-corrected chi connectivity index (χ4v) is 2.30. The van der Waals surface area contributed by atoms with E-state index in [1.807, 2.05) is 54.7 Å². The van der Waals surface area contributed by atoms with Crippen LogP contribution in [-0.2, 0) is 11.3 Å². The highest BCUT2D eigenvalue weighted by atomic mass is 32.1. The average Bonchev–Trinajstić information content (AvgIpc) is 2.84. The molecule has 0 atom stereocenters. The van der Waals surface area contributed by atoms with E-state index >= 15 is 0 Å². The van der Waals surface area contributed by atoms with Gasteiger partial charge in [0.25, 0.3) is 5.91 Å². The highest BCUT2D eigenvalue weighted by molar-refractivity contribution is 7.13. The fourth-order valence-electron chi connectivity index (χ4n) is 1.58. The van der Waals surface area contributed by atoms with Crippen LogP contribution >= 0.6 is 11.3 Å². The standard InChI is InChI=1S/C14H17N3O2S/c1-17(2)8-11-10-20-14(15-11)16-13(18)9-19-12-6-4-3-5-7-12/h3-7,10H,8-9H2,1-2H3,(H,15,16,18). The van der Waals surface area contributed by atoms with Crippen LogP contribution in [0.2, 0.25) is 0 Å². The van der Waals surface area contributed by atoms with Gasteiger partial charge in [0.05, 0.1) is 5.69 Å². The normalized spacial score (nSPS) is 10.6. The number of aromatic nitrogens is 1. The molecule has 106 valence electrons. The van der Waals surface area contributed by atoms with Crippen molar-refractivity contribution in [3.63, 3.8) is 0 Å². The van der Waals surface area contributed by atoms with E-state index in [1.54, 1.807) is 0 Å². The van der Waals surface area contributed by atoms with Crippen LogP contribution in [0.3, 0.4) is 0 Å². The number of ether oxygens (including phenoxy) is 1. The van der Waals surface area contributed by atoms with Gasteiger partial charge in [0.1, 0.15) is 5.75 Å². The Hall–Kier alpha value is -1.92. The van der Waals surface area contributed by atoms with Crippen molar-refractivity contribution >= 4 is 22.4 Å². The number of benzene rings is 1. The summed E-state index contributed by atoms with van der Waals surface area (Å²) in [6.45, 7) is 0.736. The van der Waals surface area contributed by atoms with E-state index < -0.39 is 0 Å². The molecule has 0 aliphatic heterocycles. The maximum Gasteiger partial charge on any atom is 0.264 e. The summed E-state index contributed by atoms with van der Waals surface area (Å²) in [4.78, 5) is 18.1. The number of rotatable bonds is 6. The predicted octanol–water partition coefficient (Wildman–Crippen LogP) is 2.22. The molecule has 0 saturated heterocycles. The third-order valence-electron chi connectivity index (χ3n) is 2.39. The maximum absolute atomic E-state index is 11.7. The van der Waals surface area contributed by atoms with Crippen molar-refractivity contribution in [2.24, 2.45) is 0 Å². The number of nitrogens with one attached hydrogen (secondary N) is 1. The zero-order valence-corrected chi connectivity index (χ0v) is 12.3. The van der Waals surface area contributed by atoms with Gasteiger partial charge < -0.3 is 9.64 Å². The van der Waals surface area contributed by atoms with Crippen molar-refractivity contribution < 1.29 is 9.53 Å². The number of hydrogen-bond acceptors (Lipinski definition) is 5. The summed E-state index contributed by atoms with van der Waals surface area (Å²) in [6.07, 6.45) is 0. The Morgan fingerprint density at radius 3 is 2.80 bits per heavy atom. The second-order valence-electron chi connectivity index (χ2n) is 4.53. The Morgan fingerprint density at radius 2 is 2.10 bits per heavy atom. The lowest BCUT2D eigenvalue weighted by Crippen LogP contribution is -2.20. The first-order valence-corrected chi connectivity index (χ1v) is 7.08. The van der Waals surface area contributed by atoms with Crippen LogP contribution in [0.25, 0.3) is 0 Å². The molecule has 1 amide bonds. The maximum atomic E-state index is 11.7. The second kappa shape index (κ2) is 7.02. The molecule has 0 bridgehead atoms. The van der Waals surface area contributed by atoms with Gasteiger partial charge >= 0.3 is 0 Å². The van der Waals surface area contributed by atoms with Gasteiger partial charge in [-0.15, -0.1) is 11.3 Å². The number of thiazole rings is 1. The van der Waals surface area contributed by atoms with Gasteiger partial charge in [-0.3, -0.25) is 10.1 Å². The lowest BCUT2D eigenvalue weighted by molar-refractivity contribution is -0.118. The molecule has 0 radical (unpaired) electrons. The molecule has 1 N–H and O–H groups in total. The number of para-hydroxylation sites is 1. The lowest BCUT2D eigenvalue weighted by Gasteiger charge is -2.06. The molecule has 1 heterocycles. The smallest absolute Gasteiger partial charge is 0.264 e. The van der Waals surface area contributed by atoms with Crippen LogP contribution in [0.1, 0.15) is 5.69 Å². The number of carbonyl (C=O) groups is 1.